The van der Waals surface area contributed by atoms with Crippen LogP contribution in [0, 0.1) is 0 Å². The SMILES string of the molecule is CCNc1c2nc(Cl)cc(C(=O)OC)c2nn1COCC[Si](C)(C)C. The quantitative estimate of drug-likeness (QED) is 0.324. The van der Waals surface area contributed by atoms with E-state index in [9.17, 15) is 4.79 Å². The number of aromatic nitrogens is 3. The fourth-order valence-corrected chi connectivity index (χ4v) is 3.25. The molecule has 0 aromatic carbocycles. The fraction of sp³-hybridized carbons (Fsp3) is 0.562. The van der Waals surface area contributed by atoms with E-state index >= 15 is 0 Å². The van der Waals surface area contributed by atoms with E-state index in [1.807, 2.05) is 6.92 Å². The van der Waals surface area contributed by atoms with Crippen molar-refractivity contribution in [2.45, 2.75) is 39.3 Å². The molecule has 0 atom stereocenters. The number of pyridine rings is 1. The zero-order chi connectivity index (χ0) is 18.6. The Morgan fingerprint density at radius 2 is 2.08 bits per heavy atom. The molecule has 2 aromatic heterocycles. The highest BCUT2D eigenvalue weighted by Gasteiger charge is 2.21. The zero-order valence-corrected chi connectivity index (χ0v) is 17.1. The average Bonchev–Trinajstić information content (AvgIpc) is 2.87. The number of rotatable bonds is 8. The summed E-state index contributed by atoms with van der Waals surface area (Å²) in [5, 5.41) is 7.93. The van der Waals surface area contributed by atoms with Crippen LogP contribution in [0.3, 0.4) is 0 Å². The minimum atomic E-state index is -1.15. The molecule has 0 radical (unpaired) electrons. The molecule has 0 saturated carbocycles. The molecule has 0 saturated heterocycles. The zero-order valence-electron chi connectivity index (χ0n) is 15.4. The third-order valence-corrected chi connectivity index (χ3v) is 5.52. The Morgan fingerprint density at radius 3 is 2.68 bits per heavy atom. The van der Waals surface area contributed by atoms with Crippen LogP contribution in [0.2, 0.25) is 30.8 Å². The number of hydrogen-bond donors (Lipinski definition) is 1. The highest BCUT2D eigenvalue weighted by Crippen LogP contribution is 2.27. The van der Waals surface area contributed by atoms with Gasteiger partial charge in [0.2, 0.25) is 0 Å². The molecule has 0 bridgehead atoms. The Labute approximate surface area is 153 Å². The van der Waals surface area contributed by atoms with Gasteiger partial charge in [-0.05, 0) is 19.0 Å². The van der Waals surface area contributed by atoms with Crippen molar-refractivity contribution in [2.75, 3.05) is 25.6 Å². The van der Waals surface area contributed by atoms with Crippen molar-refractivity contribution in [2.24, 2.45) is 0 Å². The van der Waals surface area contributed by atoms with Crippen LogP contribution in [0.5, 0.6) is 0 Å². The van der Waals surface area contributed by atoms with Crippen molar-refractivity contribution in [1.29, 1.82) is 0 Å². The van der Waals surface area contributed by atoms with Crippen molar-refractivity contribution in [3.63, 3.8) is 0 Å². The van der Waals surface area contributed by atoms with Gasteiger partial charge in [-0.1, -0.05) is 31.2 Å². The minimum absolute atomic E-state index is 0.214. The lowest BCUT2D eigenvalue weighted by Crippen LogP contribution is -2.22. The van der Waals surface area contributed by atoms with Gasteiger partial charge in [-0.2, -0.15) is 5.10 Å². The molecule has 9 heteroatoms. The van der Waals surface area contributed by atoms with Crippen LogP contribution >= 0.6 is 11.6 Å². The number of hydrogen-bond acceptors (Lipinski definition) is 6. The van der Waals surface area contributed by atoms with Gasteiger partial charge in [0.15, 0.2) is 5.82 Å². The monoisotopic (exact) mass is 384 g/mol. The summed E-state index contributed by atoms with van der Waals surface area (Å²) in [4.78, 5) is 16.3. The topological polar surface area (TPSA) is 78.3 Å². The molecule has 0 fully saturated rings. The van der Waals surface area contributed by atoms with Crippen LogP contribution in [0.4, 0.5) is 5.82 Å². The number of methoxy groups -OCH3 is 1. The standard InChI is InChI=1S/C16H25ClN4O3Si/c1-6-18-15-14-13(11(16(22)23-2)9-12(17)19-14)20-21(15)10-24-7-8-25(3,4)5/h9,18H,6-8,10H2,1-5H3. The molecule has 2 rings (SSSR count). The number of halogens is 1. The molecule has 2 heterocycles. The van der Waals surface area contributed by atoms with Gasteiger partial charge in [-0.25, -0.2) is 14.5 Å². The lowest BCUT2D eigenvalue weighted by Gasteiger charge is -2.15. The molecule has 0 aliphatic carbocycles. The van der Waals surface area contributed by atoms with E-state index in [-0.39, 0.29) is 17.4 Å². The van der Waals surface area contributed by atoms with Gasteiger partial charge in [0, 0.05) is 21.2 Å². The molecular formula is C16H25ClN4O3Si. The molecule has 0 spiro atoms. The first-order valence-electron chi connectivity index (χ1n) is 8.24. The minimum Gasteiger partial charge on any atom is -0.465 e. The van der Waals surface area contributed by atoms with E-state index in [1.54, 1.807) is 4.68 Å². The van der Waals surface area contributed by atoms with Crippen LogP contribution in [0.1, 0.15) is 17.3 Å². The van der Waals surface area contributed by atoms with Gasteiger partial charge in [0.25, 0.3) is 0 Å². The number of carbonyl (C=O) groups excluding carboxylic acids is 1. The van der Waals surface area contributed by atoms with Gasteiger partial charge < -0.3 is 14.8 Å². The normalized spacial score (nSPS) is 11.8. The molecule has 138 valence electrons. The second-order valence-electron chi connectivity index (χ2n) is 6.91. The van der Waals surface area contributed by atoms with Crippen molar-refractivity contribution >= 4 is 42.5 Å². The number of carbonyl (C=O) groups is 1. The fourth-order valence-electron chi connectivity index (χ4n) is 2.30. The molecule has 0 aliphatic rings. The van der Waals surface area contributed by atoms with E-state index in [1.165, 1.54) is 13.2 Å². The smallest absolute Gasteiger partial charge is 0.340 e. The first kappa shape index (κ1) is 19.7. The van der Waals surface area contributed by atoms with Crippen LogP contribution in [0.25, 0.3) is 11.0 Å². The maximum Gasteiger partial charge on any atom is 0.340 e. The van der Waals surface area contributed by atoms with Crippen molar-refractivity contribution in [3.05, 3.63) is 16.8 Å². The van der Waals surface area contributed by atoms with E-state index in [0.717, 1.165) is 6.04 Å². The first-order chi connectivity index (χ1) is 11.8. The summed E-state index contributed by atoms with van der Waals surface area (Å²) < 4.78 is 12.3. The van der Waals surface area contributed by atoms with Crippen molar-refractivity contribution in [1.82, 2.24) is 14.8 Å². The third-order valence-electron chi connectivity index (χ3n) is 3.62. The Morgan fingerprint density at radius 1 is 1.36 bits per heavy atom. The van der Waals surface area contributed by atoms with E-state index in [0.29, 0.717) is 30.0 Å². The third kappa shape index (κ3) is 4.93. The van der Waals surface area contributed by atoms with Crippen molar-refractivity contribution < 1.29 is 14.3 Å². The van der Waals surface area contributed by atoms with E-state index in [2.05, 4.69) is 35.0 Å². The summed E-state index contributed by atoms with van der Waals surface area (Å²) in [6.45, 7) is 10.5. The largest absolute Gasteiger partial charge is 0.465 e. The molecule has 0 aliphatic heterocycles. The second-order valence-corrected chi connectivity index (χ2v) is 12.9. The molecule has 1 N–H and O–H groups in total. The number of nitrogens with one attached hydrogen (secondary N) is 1. The Balaban J connectivity index is 2.35. The first-order valence-corrected chi connectivity index (χ1v) is 12.3. The van der Waals surface area contributed by atoms with Gasteiger partial charge in [-0.15, -0.1) is 0 Å². The van der Waals surface area contributed by atoms with Gasteiger partial charge in [0.05, 0.1) is 12.7 Å². The van der Waals surface area contributed by atoms with Gasteiger partial charge in [0.1, 0.15) is 22.9 Å². The number of fused-ring (bicyclic) bond motifs is 1. The van der Waals surface area contributed by atoms with Crippen LogP contribution in [-0.2, 0) is 16.2 Å². The molecule has 2 aromatic rings. The van der Waals surface area contributed by atoms with Crippen LogP contribution in [-0.4, -0.2) is 49.1 Å². The van der Waals surface area contributed by atoms with E-state index < -0.39 is 14.0 Å². The molecular weight excluding hydrogens is 360 g/mol. The highest BCUT2D eigenvalue weighted by atomic mass is 35.5. The van der Waals surface area contributed by atoms with Gasteiger partial charge in [-0.3, -0.25) is 0 Å². The molecule has 25 heavy (non-hydrogen) atoms. The summed E-state index contributed by atoms with van der Waals surface area (Å²) in [7, 11) is 0.170. The number of nitrogens with zero attached hydrogens (tertiary/aromatic N) is 3. The number of anilines is 1. The number of ether oxygens (including phenoxy) is 2. The van der Waals surface area contributed by atoms with Crippen molar-refractivity contribution in [3.8, 4) is 0 Å². The Kier molecular flexibility index (Phi) is 6.42. The van der Waals surface area contributed by atoms with E-state index in [4.69, 9.17) is 21.1 Å². The number of esters is 1. The Bertz CT molecular complexity index is 758. The molecule has 0 unspecified atom stereocenters. The lowest BCUT2D eigenvalue weighted by atomic mass is 10.2. The van der Waals surface area contributed by atoms with Gasteiger partial charge >= 0.3 is 5.97 Å². The summed E-state index contributed by atoms with van der Waals surface area (Å²) in [5.41, 5.74) is 1.27. The molecule has 7 nitrogen and oxygen atoms in total. The average molecular weight is 385 g/mol. The highest BCUT2D eigenvalue weighted by molar-refractivity contribution is 6.76. The maximum absolute atomic E-state index is 12.0. The summed E-state index contributed by atoms with van der Waals surface area (Å²) in [5.74, 6) is 0.180. The second kappa shape index (κ2) is 8.16. The molecule has 0 amide bonds. The predicted octanol–water partition coefficient (Wildman–Crippen LogP) is 3.62. The summed E-state index contributed by atoms with van der Waals surface area (Å²) in [6, 6.07) is 2.54. The summed E-state index contributed by atoms with van der Waals surface area (Å²) in [6.07, 6.45) is 0. The summed E-state index contributed by atoms with van der Waals surface area (Å²) >= 11 is 6.07. The lowest BCUT2D eigenvalue weighted by molar-refractivity contribution is 0.0602. The maximum atomic E-state index is 12.0. The van der Waals surface area contributed by atoms with Crippen LogP contribution < -0.4 is 5.32 Å². The Hall–Kier alpha value is -1.64. The predicted molar refractivity (Wildman–Crippen MR) is 102 cm³/mol. The van der Waals surface area contributed by atoms with Crippen LogP contribution in [0.15, 0.2) is 6.07 Å².